The van der Waals surface area contributed by atoms with Crippen molar-refractivity contribution in [1.82, 2.24) is 19.9 Å². The van der Waals surface area contributed by atoms with Gasteiger partial charge in [-0.05, 0) is 31.0 Å². The Kier molecular flexibility index (Phi) is 5.87. The number of hydrogen-bond acceptors (Lipinski definition) is 9. The molecule has 3 atom stereocenters. The summed E-state index contributed by atoms with van der Waals surface area (Å²) >= 11 is 0. The van der Waals surface area contributed by atoms with Crippen LogP contribution in [-0.2, 0) is 16.1 Å². The van der Waals surface area contributed by atoms with Crippen LogP contribution in [0, 0.1) is 0 Å². The third-order valence-electron chi connectivity index (χ3n) is 7.06. The smallest absolute Gasteiger partial charge is 0.416 e. The molecular weight excluding hydrogens is 480 g/mol. The molecule has 0 aromatic carbocycles. The monoisotopic (exact) mass is 506 g/mol. The van der Waals surface area contributed by atoms with Crippen molar-refractivity contribution in [2.45, 2.75) is 44.0 Å². The van der Waals surface area contributed by atoms with E-state index in [1.807, 2.05) is 6.07 Å². The summed E-state index contributed by atoms with van der Waals surface area (Å²) in [5, 5.41) is 6.19. The first-order chi connectivity index (χ1) is 18.0. The molecule has 3 aromatic heterocycles. The van der Waals surface area contributed by atoms with Crippen molar-refractivity contribution >= 4 is 34.7 Å². The summed E-state index contributed by atoms with van der Waals surface area (Å²) in [6.45, 7) is 0.982. The highest BCUT2D eigenvalue weighted by Gasteiger charge is 2.46. The van der Waals surface area contributed by atoms with E-state index < -0.39 is 6.09 Å². The van der Waals surface area contributed by atoms with Crippen molar-refractivity contribution in [2.24, 2.45) is 0 Å². The van der Waals surface area contributed by atoms with Gasteiger partial charge in [0.05, 0.1) is 30.4 Å². The summed E-state index contributed by atoms with van der Waals surface area (Å²) < 4.78 is 18.0. The quantitative estimate of drug-likeness (QED) is 0.511. The molecule has 0 bridgehead atoms. The number of rotatable bonds is 6. The van der Waals surface area contributed by atoms with E-state index in [4.69, 9.17) is 14.2 Å². The lowest BCUT2D eigenvalue weighted by Crippen LogP contribution is -2.46. The summed E-state index contributed by atoms with van der Waals surface area (Å²) in [7, 11) is 1.57. The zero-order valence-corrected chi connectivity index (χ0v) is 20.2. The Morgan fingerprint density at radius 3 is 2.95 bits per heavy atom. The number of nitrogens with zero attached hydrogens (tertiary/aromatic N) is 4. The topological polar surface area (TPSA) is 137 Å². The lowest BCUT2D eigenvalue weighted by Gasteiger charge is -2.33. The molecule has 3 aliphatic rings. The van der Waals surface area contributed by atoms with Gasteiger partial charge < -0.3 is 29.4 Å². The molecule has 1 aliphatic carbocycles. The van der Waals surface area contributed by atoms with Crippen LogP contribution >= 0.6 is 0 Å². The van der Waals surface area contributed by atoms with E-state index in [1.54, 1.807) is 41.0 Å². The molecule has 12 heteroatoms. The first-order valence-corrected chi connectivity index (χ1v) is 12.2. The fourth-order valence-electron chi connectivity index (χ4n) is 5.26. The number of aromatic nitrogens is 3. The second-order valence-electron chi connectivity index (χ2n) is 9.28. The molecule has 2 fully saturated rings. The number of hydrogen-bond donors (Lipinski definition) is 2. The Morgan fingerprint density at radius 2 is 2.08 bits per heavy atom. The summed E-state index contributed by atoms with van der Waals surface area (Å²) in [5.74, 6) is 1.51. The average molecular weight is 507 g/mol. The number of carbonyl (C=O) groups excluding carboxylic acids is 2. The van der Waals surface area contributed by atoms with Gasteiger partial charge in [-0.2, -0.15) is 0 Å². The summed E-state index contributed by atoms with van der Waals surface area (Å²) in [6, 6.07) is 8.44. The zero-order valence-electron chi connectivity index (χ0n) is 20.2. The van der Waals surface area contributed by atoms with Gasteiger partial charge in [-0.15, -0.1) is 0 Å². The van der Waals surface area contributed by atoms with Crippen LogP contribution < -0.4 is 30.6 Å². The van der Waals surface area contributed by atoms with Crippen LogP contribution in [-0.4, -0.2) is 65.0 Å². The lowest BCUT2D eigenvalue weighted by atomic mass is 9.88. The molecule has 0 spiro atoms. The molecule has 2 aliphatic heterocycles. The van der Waals surface area contributed by atoms with Crippen molar-refractivity contribution in [3.63, 3.8) is 0 Å². The SMILES string of the molecule is COc1cnc2ccc(=O)n(CCN[C@H]3CC[C@H]4[C@H](C3)OC(=O)N4c3ccc4c(n3)NC(=O)CO4)c2c1. The maximum Gasteiger partial charge on any atom is 0.416 e. The minimum atomic E-state index is -0.449. The third kappa shape index (κ3) is 4.33. The van der Waals surface area contributed by atoms with Crippen molar-refractivity contribution < 1.29 is 23.8 Å². The molecular formula is C25H26N6O6. The van der Waals surface area contributed by atoms with Gasteiger partial charge in [0.15, 0.2) is 18.2 Å². The van der Waals surface area contributed by atoms with Crippen molar-refractivity contribution in [2.75, 3.05) is 30.5 Å². The molecule has 2 amide bonds. The van der Waals surface area contributed by atoms with E-state index in [-0.39, 0.29) is 36.3 Å². The average Bonchev–Trinajstić information content (AvgIpc) is 3.24. The second-order valence-corrected chi connectivity index (χ2v) is 9.28. The standard InChI is InChI=1S/C25H26N6O6/c1-35-15-11-18-16(27-12-15)3-7-23(33)30(18)9-8-26-14-2-4-17-20(10-14)37-25(34)31(17)21-6-5-19-24(28-21)29-22(32)13-36-19/h3,5-7,11-12,14,17,20,26H,2,4,8-10,13H2,1H3,(H,28,29,32)/t14-,17-,20-/m0/s1. The van der Waals surface area contributed by atoms with E-state index in [9.17, 15) is 14.4 Å². The van der Waals surface area contributed by atoms with Crippen LogP contribution in [0.3, 0.4) is 0 Å². The minimum absolute atomic E-state index is 0.0565. The highest BCUT2D eigenvalue weighted by atomic mass is 16.6. The largest absolute Gasteiger partial charge is 0.495 e. The van der Waals surface area contributed by atoms with Crippen molar-refractivity contribution in [3.05, 3.63) is 46.9 Å². The molecule has 3 aromatic rings. The Bertz CT molecular complexity index is 1440. The Labute approximate surface area is 211 Å². The van der Waals surface area contributed by atoms with Crippen LogP contribution in [0.25, 0.3) is 11.0 Å². The normalized spacial score (nSPS) is 22.6. The molecule has 12 nitrogen and oxygen atoms in total. The molecule has 192 valence electrons. The minimum Gasteiger partial charge on any atom is -0.495 e. The van der Waals surface area contributed by atoms with Crippen LogP contribution in [0.2, 0.25) is 0 Å². The van der Waals surface area contributed by atoms with Gasteiger partial charge in [-0.25, -0.2) is 9.78 Å². The van der Waals surface area contributed by atoms with Gasteiger partial charge >= 0.3 is 6.09 Å². The number of nitrogens with one attached hydrogen (secondary N) is 2. The highest BCUT2D eigenvalue weighted by molar-refractivity contribution is 5.95. The van der Waals surface area contributed by atoms with E-state index in [1.165, 1.54) is 6.07 Å². The molecule has 37 heavy (non-hydrogen) atoms. The molecule has 0 unspecified atom stereocenters. The first-order valence-electron chi connectivity index (χ1n) is 12.2. The fourth-order valence-corrected chi connectivity index (χ4v) is 5.26. The van der Waals surface area contributed by atoms with Crippen LogP contribution in [0.4, 0.5) is 16.4 Å². The first kappa shape index (κ1) is 23.2. The maximum absolute atomic E-state index is 12.8. The van der Waals surface area contributed by atoms with Gasteiger partial charge in [0.25, 0.3) is 11.5 Å². The maximum atomic E-state index is 12.8. The molecule has 0 radical (unpaired) electrons. The Hall–Kier alpha value is -4.19. The van der Waals surface area contributed by atoms with E-state index >= 15 is 0 Å². The number of anilines is 2. The number of amides is 2. The molecule has 1 saturated heterocycles. The molecule has 6 rings (SSSR count). The van der Waals surface area contributed by atoms with Crippen molar-refractivity contribution in [1.29, 1.82) is 0 Å². The molecule has 5 heterocycles. The van der Waals surface area contributed by atoms with Gasteiger partial charge in [0.2, 0.25) is 0 Å². The highest BCUT2D eigenvalue weighted by Crippen LogP contribution is 2.37. The second kappa shape index (κ2) is 9.36. The summed E-state index contributed by atoms with van der Waals surface area (Å²) in [4.78, 5) is 47.3. The Balaban J connectivity index is 1.11. The predicted molar refractivity (Wildman–Crippen MR) is 133 cm³/mol. The number of carbonyl (C=O) groups is 2. The van der Waals surface area contributed by atoms with Crippen molar-refractivity contribution in [3.8, 4) is 11.5 Å². The number of ether oxygens (including phenoxy) is 3. The molecule has 2 N–H and O–H groups in total. The summed E-state index contributed by atoms with van der Waals surface area (Å²) in [5.41, 5.74) is 1.34. The number of pyridine rings is 3. The Morgan fingerprint density at radius 1 is 1.19 bits per heavy atom. The zero-order chi connectivity index (χ0) is 25.5. The number of methoxy groups -OCH3 is 1. The van der Waals surface area contributed by atoms with Crippen LogP contribution in [0.15, 0.2) is 41.3 Å². The predicted octanol–water partition coefficient (Wildman–Crippen LogP) is 1.67. The van der Waals surface area contributed by atoms with E-state index in [0.717, 1.165) is 23.9 Å². The van der Waals surface area contributed by atoms with Gasteiger partial charge in [0.1, 0.15) is 17.7 Å². The van der Waals surface area contributed by atoms with Gasteiger partial charge in [-0.3, -0.25) is 19.5 Å². The van der Waals surface area contributed by atoms with Gasteiger partial charge in [-0.1, -0.05) is 0 Å². The fraction of sp³-hybridized carbons (Fsp3) is 0.400. The third-order valence-corrected chi connectivity index (χ3v) is 7.06. The number of fused-ring (bicyclic) bond motifs is 3. The molecule has 1 saturated carbocycles. The van der Waals surface area contributed by atoms with Gasteiger partial charge in [0, 0.05) is 37.7 Å². The van der Waals surface area contributed by atoms with E-state index in [0.29, 0.717) is 42.6 Å². The van der Waals surface area contributed by atoms with Crippen LogP contribution in [0.1, 0.15) is 19.3 Å². The van der Waals surface area contributed by atoms with E-state index in [2.05, 4.69) is 20.6 Å². The van der Waals surface area contributed by atoms with Crippen LogP contribution in [0.5, 0.6) is 11.5 Å². The summed E-state index contributed by atoms with van der Waals surface area (Å²) in [6.07, 6.45) is 3.11. The lowest BCUT2D eigenvalue weighted by molar-refractivity contribution is -0.118.